The third-order valence-corrected chi connectivity index (χ3v) is 4.81. The van der Waals surface area contributed by atoms with E-state index in [2.05, 4.69) is 19.1 Å². The van der Waals surface area contributed by atoms with E-state index >= 15 is 0 Å². The van der Waals surface area contributed by atoms with Crippen molar-refractivity contribution in [3.63, 3.8) is 0 Å². The Morgan fingerprint density at radius 2 is 2.00 bits per heavy atom. The van der Waals surface area contributed by atoms with Crippen LogP contribution in [0.1, 0.15) is 26.2 Å². The Balaban J connectivity index is 1.77. The fourth-order valence-electron chi connectivity index (χ4n) is 2.60. The van der Waals surface area contributed by atoms with E-state index in [0.717, 1.165) is 24.2 Å². The van der Waals surface area contributed by atoms with Gasteiger partial charge in [0.2, 0.25) is 0 Å². The Kier molecular flexibility index (Phi) is 3.16. The summed E-state index contributed by atoms with van der Waals surface area (Å²) in [7, 11) is 0. The monoisotopic (exact) mass is 260 g/mol. The molecule has 0 amide bonds. The summed E-state index contributed by atoms with van der Waals surface area (Å²) in [5, 5.41) is 0. The van der Waals surface area contributed by atoms with Crippen LogP contribution in [0.15, 0.2) is 46.6 Å². The maximum Gasteiger partial charge on any atom is 0.162 e. The largest absolute Gasteiger partial charge is 0.483 e. The fraction of sp³-hybridized carbons (Fsp3) is 0.400. The number of carbonyl (C=O) groups excluding carboxylic acids is 1. The van der Waals surface area contributed by atoms with Crippen LogP contribution in [0.25, 0.3) is 0 Å². The molecule has 2 nitrogen and oxygen atoms in total. The van der Waals surface area contributed by atoms with Crippen LogP contribution in [0.4, 0.5) is 0 Å². The molecule has 2 aliphatic rings. The van der Waals surface area contributed by atoms with Crippen molar-refractivity contribution in [1.82, 2.24) is 0 Å². The van der Waals surface area contributed by atoms with Crippen LogP contribution in [0, 0.1) is 5.92 Å². The van der Waals surface area contributed by atoms with Gasteiger partial charge in [-0.1, -0.05) is 36.9 Å². The topological polar surface area (TPSA) is 26.3 Å². The number of allylic oxidation sites excluding steroid dienone is 1. The van der Waals surface area contributed by atoms with E-state index in [1.807, 2.05) is 18.2 Å². The van der Waals surface area contributed by atoms with E-state index in [4.69, 9.17) is 4.74 Å². The Hall–Kier alpha value is -1.22. The molecule has 0 bridgehead atoms. The van der Waals surface area contributed by atoms with Crippen molar-refractivity contribution >= 4 is 17.5 Å². The van der Waals surface area contributed by atoms with Gasteiger partial charge in [0.1, 0.15) is 5.76 Å². The summed E-state index contributed by atoms with van der Waals surface area (Å²) < 4.78 is 5.97. The second kappa shape index (κ2) is 4.81. The molecule has 1 aliphatic heterocycles. The van der Waals surface area contributed by atoms with Crippen molar-refractivity contribution in [3.8, 4) is 0 Å². The highest BCUT2D eigenvalue weighted by molar-refractivity contribution is 7.99. The maximum atomic E-state index is 11.9. The summed E-state index contributed by atoms with van der Waals surface area (Å²) in [6, 6.07) is 10.2. The summed E-state index contributed by atoms with van der Waals surface area (Å²) in [6.45, 7) is 2.10. The van der Waals surface area contributed by atoms with Gasteiger partial charge in [-0.05, 0) is 18.6 Å². The zero-order valence-electron chi connectivity index (χ0n) is 10.4. The third-order valence-electron chi connectivity index (χ3n) is 3.53. The van der Waals surface area contributed by atoms with Crippen LogP contribution in [0.2, 0.25) is 0 Å². The number of Topliss-reactive ketones (excluding diaryl/α,β-unsaturated/α-hetero) is 1. The molecule has 0 radical (unpaired) electrons. The summed E-state index contributed by atoms with van der Waals surface area (Å²) >= 11 is 1.71. The Morgan fingerprint density at radius 1 is 1.22 bits per heavy atom. The van der Waals surface area contributed by atoms with Gasteiger partial charge >= 0.3 is 0 Å². The average Bonchev–Trinajstić information content (AvgIpc) is 2.69. The quantitative estimate of drug-likeness (QED) is 0.809. The van der Waals surface area contributed by atoms with E-state index in [0.29, 0.717) is 12.2 Å². The first-order valence-electron chi connectivity index (χ1n) is 6.40. The lowest BCUT2D eigenvalue weighted by atomic mass is 9.90. The normalized spacial score (nSPS) is 27.1. The highest BCUT2D eigenvalue weighted by Gasteiger charge is 2.39. The molecule has 0 fully saturated rings. The predicted molar refractivity (Wildman–Crippen MR) is 72.2 cm³/mol. The number of rotatable bonds is 2. The van der Waals surface area contributed by atoms with Crippen LogP contribution in [0.3, 0.4) is 0 Å². The highest BCUT2D eigenvalue weighted by atomic mass is 32.2. The third kappa shape index (κ3) is 2.07. The first-order chi connectivity index (χ1) is 8.75. The molecule has 2 atom stereocenters. The zero-order valence-corrected chi connectivity index (χ0v) is 11.2. The number of benzene rings is 1. The molecular formula is C15H16O2S. The second-order valence-electron chi connectivity index (χ2n) is 4.82. The lowest BCUT2D eigenvalue weighted by molar-refractivity contribution is -0.116. The lowest BCUT2D eigenvalue weighted by Crippen LogP contribution is -2.16. The van der Waals surface area contributed by atoms with Gasteiger partial charge in [-0.2, -0.15) is 0 Å². The summed E-state index contributed by atoms with van der Waals surface area (Å²) in [6.07, 6.45) is 2.56. The number of carbonyl (C=O) groups is 1. The minimum atomic E-state index is 0.0550. The Labute approximate surface area is 111 Å². The molecule has 0 spiro atoms. The smallest absolute Gasteiger partial charge is 0.162 e. The highest BCUT2D eigenvalue weighted by Crippen LogP contribution is 2.44. The van der Waals surface area contributed by atoms with Crippen molar-refractivity contribution in [3.05, 3.63) is 41.7 Å². The summed E-state index contributed by atoms with van der Waals surface area (Å²) in [5.74, 6) is 1.45. The average molecular weight is 260 g/mol. The molecule has 2 unspecified atom stereocenters. The van der Waals surface area contributed by atoms with Gasteiger partial charge in [0.15, 0.2) is 11.2 Å². The molecule has 18 heavy (non-hydrogen) atoms. The summed E-state index contributed by atoms with van der Waals surface area (Å²) in [4.78, 5) is 13.1. The molecule has 0 saturated heterocycles. The molecule has 0 aromatic heterocycles. The van der Waals surface area contributed by atoms with Gasteiger partial charge in [0.25, 0.3) is 0 Å². The van der Waals surface area contributed by atoms with Gasteiger partial charge in [0, 0.05) is 29.2 Å². The predicted octanol–water partition coefficient (Wildman–Crippen LogP) is 3.78. The summed E-state index contributed by atoms with van der Waals surface area (Å²) in [5.41, 5.74) is 1.01. The maximum absolute atomic E-state index is 11.9. The molecule has 0 N–H and O–H groups in total. The van der Waals surface area contributed by atoms with Crippen molar-refractivity contribution in [2.45, 2.75) is 36.5 Å². The standard InChI is InChI=1S/C15H16O2S/c1-10-14-12(16)8-5-9-13(14)17-15(10)18-11-6-3-2-4-7-11/h2-4,6-7,10,15H,5,8-9H2,1H3. The SMILES string of the molecule is CC1C2=C(CCCC2=O)OC1Sc1ccccc1. The molecule has 1 aliphatic carbocycles. The minimum Gasteiger partial charge on any atom is -0.483 e. The molecule has 3 heteroatoms. The van der Waals surface area contributed by atoms with Gasteiger partial charge in [-0.15, -0.1) is 0 Å². The van der Waals surface area contributed by atoms with E-state index in [9.17, 15) is 4.79 Å². The second-order valence-corrected chi connectivity index (χ2v) is 5.99. The number of ether oxygens (including phenoxy) is 1. The van der Waals surface area contributed by atoms with Gasteiger partial charge < -0.3 is 4.74 Å². The van der Waals surface area contributed by atoms with Crippen LogP contribution in [0.5, 0.6) is 0 Å². The number of hydrogen-bond donors (Lipinski definition) is 0. The molecule has 1 aromatic carbocycles. The van der Waals surface area contributed by atoms with Gasteiger partial charge in [-0.25, -0.2) is 0 Å². The molecule has 1 heterocycles. The number of thioether (sulfide) groups is 1. The molecule has 3 rings (SSSR count). The van der Waals surface area contributed by atoms with Crippen molar-refractivity contribution in [2.75, 3.05) is 0 Å². The van der Waals surface area contributed by atoms with Crippen molar-refractivity contribution in [2.24, 2.45) is 5.92 Å². The Bertz CT molecular complexity index is 492. The lowest BCUT2D eigenvalue weighted by Gasteiger charge is -2.16. The molecule has 94 valence electrons. The molecule has 1 aromatic rings. The van der Waals surface area contributed by atoms with E-state index < -0.39 is 0 Å². The first-order valence-corrected chi connectivity index (χ1v) is 7.28. The van der Waals surface area contributed by atoms with Crippen molar-refractivity contribution in [1.29, 1.82) is 0 Å². The first kappa shape index (κ1) is 11.8. The van der Waals surface area contributed by atoms with E-state index in [1.165, 1.54) is 4.90 Å². The van der Waals surface area contributed by atoms with Gasteiger partial charge in [0.05, 0.1) is 0 Å². The zero-order chi connectivity index (χ0) is 12.5. The number of ketones is 1. The number of hydrogen-bond acceptors (Lipinski definition) is 3. The van der Waals surface area contributed by atoms with Gasteiger partial charge in [-0.3, -0.25) is 4.79 Å². The van der Waals surface area contributed by atoms with Crippen LogP contribution in [-0.2, 0) is 9.53 Å². The fourth-order valence-corrected chi connectivity index (χ4v) is 3.69. The van der Waals surface area contributed by atoms with Crippen LogP contribution >= 0.6 is 11.8 Å². The molecular weight excluding hydrogens is 244 g/mol. The Morgan fingerprint density at radius 3 is 2.72 bits per heavy atom. The van der Waals surface area contributed by atoms with E-state index in [1.54, 1.807) is 11.8 Å². The molecule has 0 saturated carbocycles. The van der Waals surface area contributed by atoms with Crippen LogP contribution < -0.4 is 0 Å². The minimum absolute atomic E-state index is 0.0550. The van der Waals surface area contributed by atoms with E-state index in [-0.39, 0.29) is 11.4 Å². The van der Waals surface area contributed by atoms with Crippen LogP contribution in [-0.4, -0.2) is 11.2 Å². The van der Waals surface area contributed by atoms with Crippen molar-refractivity contribution < 1.29 is 9.53 Å².